The third-order valence-corrected chi connectivity index (χ3v) is 4.09. The van der Waals surface area contributed by atoms with E-state index in [9.17, 15) is 0 Å². The molecule has 0 saturated carbocycles. The molecular weight excluding hydrogens is 350 g/mol. The van der Waals surface area contributed by atoms with Crippen molar-refractivity contribution in [3.63, 3.8) is 0 Å². The first kappa shape index (κ1) is 18.9. The average Bonchev–Trinajstić information content (AvgIpc) is 3.13. The number of nitrogens with zero attached hydrogens (tertiary/aromatic N) is 5. The lowest BCUT2D eigenvalue weighted by molar-refractivity contribution is 0.704. The van der Waals surface area contributed by atoms with Gasteiger partial charge in [-0.1, -0.05) is 38.1 Å². The number of benzene rings is 2. The minimum Gasteiger partial charge on any atom is -0.399 e. The molecule has 140 valence electrons. The Balaban J connectivity index is 0.00000109. The fourth-order valence-electron chi connectivity index (χ4n) is 2.84. The summed E-state index contributed by atoms with van der Waals surface area (Å²) < 4.78 is 1.77. The Labute approximate surface area is 163 Å². The van der Waals surface area contributed by atoms with Crippen molar-refractivity contribution in [2.45, 2.75) is 20.4 Å². The fourth-order valence-corrected chi connectivity index (χ4v) is 2.84. The minimum absolute atomic E-state index is 0.161. The monoisotopic (exact) mass is 371 g/mol. The predicted molar refractivity (Wildman–Crippen MR) is 111 cm³/mol. The van der Waals surface area contributed by atoms with E-state index in [1.54, 1.807) is 23.0 Å². The van der Waals surface area contributed by atoms with Crippen molar-refractivity contribution < 1.29 is 0 Å². The van der Waals surface area contributed by atoms with Gasteiger partial charge in [-0.25, -0.2) is 9.67 Å². The van der Waals surface area contributed by atoms with Gasteiger partial charge in [-0.05, 0) is 29.8 Å². The lowest BCUT2D eigenvalue weighted by atomic mass is 10.1. The zero-order valence-electron chi connectivity index (χ0n) is 15.8. The maximum Gasteiger partial charge on any atom is 0.222 e. The lowest BCUT2D eigenvalue weighted by Crippen LogP contribution is -2.05. The number of aromatic nitrogens is 4. The molecule has 7 nitrogen and oxygen atoms in total. The van der Waals surface area contributed by atoms with E-state index in [0.717, 1.165) is 16.5 Å². The van der Waals surface area contributed by atoms with E-state index in [4.69, 9.17) is 16.7 Å². The van der Waals surface area contributed by atoms with E-state index in [0.29, 0.717) is 29.1 Å². The van der Waals surface area contributed by atoms with Crippen molar-refractivity contribution in [2.75, 3.05) is 11.5 Å². The molecule has 0 unspecified atom stereocenters. The van der Waals surface area contributed by atoms with Gasteiger partial charge in [-0.15, -0.1) is 0 Å². The fraction of sp³-hybridized carbons (Fsp3) is 0.143. The number of rotatable bonds is 3. The van der Waals surface area contributed by atoms with Crippen LogP contribution in [0.3, 0.4) is 0 Å². The van der Waals surface area contributed by atoms with Gasteiger partial charge in [0.15, 0.2) is 5.65 Å². The summed E-state index contributed by atoms with van der Waals surface area (Å²) >= 11 is 0. The SMILES string of the molecule is CC.N#Cc1cccc(-c2nc(N)nc3c2cnn3Cc2ccc(N)cc2)c1. The largest absolute Gasteiger partial charge is 0.399 e. The number of nitrogen functional groups attached to an aromatic ring is 2. The first-order valence-electron chi connectivity index (χ1n) is 8.98. The van der Waals surface area contributed by atoms with Gasteiger partial charge < -0.3 is 11.5 Å². The van der Waals surface area contributed by atoms with E-state index in [1.165, 1.54) is 0 Å². The third-order valence-electron chi connectivity index (χ3n) is 4.09. The highest BCUT2D eigenvalue weighted by Gasteiger charge is 2.14. The van der Waals surface area contributed by atoms with E-state index in [1.807, 2.05) is 50.2 Å². The smallest absolute Gasteiger partial charge is 0.222 e. The van der Waals surface area contributed by atoms with Gasteiger partial charge in [-0.2, -0.15) is 15.3 Å². The summed E-state index contributed by atoms with van der Waals surface area (Å²) in [6.45, 7) is 4.54. The molecule has 0 bridgehead atoms. The molecule has 0 atom stereocenters. The molecule has 4 aromatic rings. The first-order chi connectivity index (χ1) is 13.6. The van der Waals surface area contributed by atoms with Crippen LogP contribution < -0.4 is 11.5 Å². The van der Waals surface area contributed by atoms with Crippen LogP contribution in [0.25, 0.3) is 22.3 Å². The molecule has 7 heteroatoms. The van der Waals surface area contributed by atoms with Gasteiger partial charge in [0.1, 0.15) is 0 Å². The van der Waals surface area contributed by atoms with Crippen LogP contribution in [-0.2, 0) is 6.54 Å². The molecule has 2 aromatic heterocycles. The topological polar surface area (TPSA) is 119 Å². The molecule has 0 spiro atoms. The second-order valence-corrected chi connectivity index (χ2v) is 5.90. The molecule has 0 amide bonds. The molecule has 0 radical (unpaired) electrons. The van der Waals surface area contributed by atoms with Gasteiger partial charge in [0.05, 0.1) is 35.5 Å². The normalized spacial score (nSPS) is 10.2. The van der Waals surface area contributed by atoms with Crippen LogP contribution in [0.15, 0.2) is 54.7 Å². The molecule has 0 aliphatic rings. The second-order valence-electron chi connectivity index (χ2n) is 5.90. The Hall–Kier alpha value is -3.92. The van der Waals surface area contributed by atoms with Crippen LogP contribution in [0.4, 0.5) is 11.6 Å². The molecule has 4 rings (SSSR count). The Morgan fingerprint density at radius 2 is 1.79 bits per heavy atom. The van der Waals surface area contributed by atoms with Gasteiger partial charge in [0.2, 0.25) is 5.95 Å². The van der Waals surface area contributed by atoms with Crippen LogP contribution in [0, 0.1) is 11.3 Å². The molecule has 28 heavy (non-hydrogen) atoms. The zero-order valence-corrected chi connectivity index (χ0v) is 15.8. The van der Waals surface area contributed by atoms with Crippen LogP contribution in [0.2, 0.25) is 0 Å². The number of hydrogen-bond acceptors (Lipinski definition) is 6. The van der Waals surface area contributed by atoms with E-state index in [2.05, 4.69) is 21.1 Å². The number of nitriles is 1. The summed E-state index contributed by atoms with van der Waals surface area (Å²) in [4.78, 5) is 8.72. The van der Waals surface area contributed by atoms with Gasteiger partial charge in [-0.3, -0.25) is 0 Å². The van der Waals surface area contributed by atoms with Crippen LogP contribution in [-0.4, -0.2) is 19.7 Å². The first-order valence-corrected chi connectivity index (χ1v) is 8.98. The molecule has 2 aromatic carbocycles. The van der Waals surface area contributed by atoms with Crippen LogP contribution >= 0.6 is 0 Å². The Kier molecular flexibility index (Phi) is 5.51. The number of fused-ring (bicyclic) bond motifs is 1. The predicted octanol–water partition coefficient (Wildman–Crippen LogP) is 3.60. The van der Waals surface area contributed by atoms with Gasteiger partial charge >= 0.3 is 0 Å². The van der Waals surface area contributed by atoms with Crippen molar-refractivity contribution in [1.29, 1.82) is 5.26 Å². The van der Waals surface area contributed by atoms with Crippen molar-refractivity contribution in [3.05, 3.63) is 65.9 Å². The maximum atomic E-state index is 9.13. The summed E-state index contributed by atoms with van der Waals surface area (Å²) in [5.41, 5.74) is 16.1. The molecule has 4 N–H and O–H groups in total. The number of anilines is 2. The lowest BCUT2D eigenvalue weighted by Gasteiger charge is -2.07. The highest BCUT2D eigenvalue weighted by Crippen LogP contribution is 2.27. The van der Waals surface area contributed by atoms with Crippen molar-refractivity contribution in [2.24, 2.45) is 0 Å². The molecular formula is C21H21N7. The summed E-state index contributed by atoms with van der Waals surface area (Å²) in [5.74, 6) is 0.161. The molecule has 2 heterocycles. The summed E-state index contributed by atoms with van der Waals surface area (Å²) in [7, 11) is 0. The quantitative estimate of drug-likeness (QED) is 0.531. The van der Waals surface area contributed by atoms with Gasteiger partial charge in [0.25, 0.3) is 0 Å². The number of nitrogens with two attached hydrogens (primary N) is 2. The standard InChI is InChI=1S/C19H15N7.C2H6/c20-9-13-2-1-3-14(8-13)17-16-10-23-26(18(16)25-19(22)24-17)11-12-4-6-15(21)7-5-12;1-2/h1-8,10H,11,21H2,(H2,22,24,25);1-2H3. The summed E-state index contributed by atoms with van der Waals surface area (Å²) in [5, 5.41) is 14.4. The Morgan fingerprint density at radius 3 is 2.50 bits per heavy atom. The number of hydrogen-bond donors (Lipinski definition) is 2. The highest BCUT2D eigenvalue weighted by molar-refractivity contribution is 5.91. The molecule has 0 aliphatic heterocycles. The highest BCUT2D eigenvalue weighted by atomic mass is 15.3. The minimum atomic E-state index is 0.161. The Morgan fingerprint density at radius 1 is 1.04 bits per heavy atom. The van der Waals surface area contributed by atoms with E-state index in [-0.39, 0.29) is 5.95 Å². The maximum absolute atomic E-state index is 9.13. The van der Waals surface area contributed by atoms with Crippen molar-refractivity contribution >= 4 is 22.7 Å². The van der Waals surface area contributed by atoms with Crippen LogP contribution in [0.1, 0.15) is 25.0 Å². The summed E-state index contributed by atoms with van der Waals surface area (Å²) in [6.07, 6.45) is 1.72. The second kappa shape index (κ2) is 8.18. The zero-order chi connectivity index (χ0) is 20.1. The summed E-state index contributed by atoms with van der Waals surface area (Å²) in [6, 6.07) is 17.0. The third kappa shape index (κ3) is 3.76. The molecule has 0 fully saturated rings. The van der Waals surface area contributed by atoms with E-state index < -0.39 is 0 Å². The average molecular weight is 371 g/mol. The van der Waals surface area contributed by atoms with Gasteiger partial charge in [0, 0.05) is 11.3 Å². The van der Waals surface area contributed by atoms with Crippen LogP contribution in [0.5, 0.6) is 0 Å². The van der Waals surface area contributed by atoms with E-state index >= 15 is 0 Å². The molecule has 0 aliphatic carbocycles. The molecule has 0 saturated heterocycles. The Bertz CT molecular complexity index is 1140. The van der Waals surface area contributed by atoms with Crippen molar-refractivity contribution in [1.82, 2.24) is 19.7 Å². The van der Waals surface area contributed by atoms with Crippen molar-refractivity contribution in [3.8, 4) is 17.3 Å².